The molecule has 2 N–H and O–H groups in total. The average Bonchev–Trinajstić information content (AvgIpc) is 3.25. The van der Waals surface area contributed by atoms with Gasteiger partial charge >= 0.3 is 25.4 Å². The highest BCUT2D eigenvalue weighted by Gasteiger charge is 2.52. The second kappa shape index (κ2) is 15.9. The largest absolute Gasteiger partial charge is 0.365 e. The molecule has 1 aliphatic heterocycles. The van der Waals surface area contributed by atoms with Gasteiger partial charge in [0.1, 0.15) is 12.2 Å². The summed E-state index contributed by atoms with van der Waals surface area (Å²) >= 11 is 0. The van der Waals surface area contributed by atoms with E-state index >= 15 is 0 Å². The van der Waals surface area contributed by atoms with Crippen molar-refractivity contribution in [3.63, 3.8) is 0 Å². The van der Waals surface area contributed by atoms with Crippen LogP contribution in [0, 0.1) is 0 Å². The third-order valence-electron chi connectivity index (χ3n) is 7.94. The van der Waals surface area contributed by atoms with Crippen molar-refractivity contribution in [2.24, 2.45) is 4.99 Å². The molecule has 0 fully saturated rings. The Bertz CT molecular complexity index is 1340. The average molecular weight is 608 g/mol. The summed E-state index contributed by atoms with van der Waals surface area (Å²) in [7, 11) is -9.47. The molecule has 1 atom stereocenters. The van der Waals surface area contributed by atoms with Gasteiger partial charge in [0.15, 0.2) is 10.6 Å². The molecule has 0 aliphatic carbocycles. The Morgan fingerprint density at radius 3 is 1.63 bits per heavy atom. The van der Waals surface area contributed by atoms with E-state index in [4.69, 9.17) is 0 Å². The summed E-state index contributed by atoms with van der Waals surface area (Å²) < 4.78 is 69.8. The molecular weight excluding hydrogens is 560 g/mol. The van der Waals surface area contributed by atoms with Crippen LogP contribution in [-0.2, 0) is 26.8 Å². The van der Waals surface area contributed by atoms with Crippen molar-refractivity contribution in [1.82, 2.24) is 4.48 Å². The second-order valence-corrected chi connectivity index (χ2v) is 14.0. The summed E-state index contributed by atoms with van der Waals surface area (Å²) in [6, 6.07) is 13.3. The lowest BCUT2D eigenvalue weighted by molar-refractivity contribution is 0.383. The molecule has 1 heterocycles. The number of hydrogen-bond donors (Lipinski definition) is 2. The van der Waals surface area contributed by atoms with Crippen molar-refractivity contribution in [3.8, 4) is 0 Å². The summed E-state index contributed by atoms with van der Waals surface area (Å²) in [5.41, 5.74) is 0.948. The van der Waals surface area contributed by atoms with Crippen molar-refractivity contribution in [3.05, 3.63) is 54.1 Å². The molecule has 10 heteroatoms. The minimum Gasteiger partial charge on any atom is -0.282 e. The predicted molar refractivity (Wildman–Crippen MR) is 167 cm³/mol. The SMILES string of the molecule is CCCCCCCCCCCCCCCCC[N+]1(Cc2ccccc2)C(S(=O)(=O)O)=Nc2cccc(S(=O)(=O)O)c21. The van der Waals surface area contributed by atoms with Gasteiger partial charge < -0.3 is 0 Å². The highest BCUT2D eigenvalue weighted by atomic mass is 32.2. The summed E-state index contributed by atoms with van der Waals surface area (Å²) in [6.45, 7) is 2.52. The van der Waals surface area contributed by atoms with Crippen LogP contribution in [-0.4, -0.2) is 37.7 Å². The first-order valence-electron chi connectivity index (χ1n) is 15.2. The predicted octanol–water partition coefficient (Wildman–Crippen LogP) is 8.20. The highest BCUT2D eigenvalue weighted by molar-refractivity contribution is 8.01. The van der Waals surface area contributed by atoms with Crippen LogP contribution in [0.2, 0.25) is 0 Å². The molecule has 0 saturated heterocycles. The van der Waals surface area contributed by atoms with Gasteiger partial charge in [-0.15, -0.1) is 0 Å². The Kier molecular flexibility index (Phi) is 13.0. The minimum absolute atomic E-state index is 0.0671. The molecule has 3 rings (SSSR count). The van der Waals surface area contributed by atoms with Gasteiger partial charge in [0.05, 0.1) is 6.54 Å². The maximum absolute atomic E-state index is 12.6. The van der Waals surface area contributed by atoms with Gasteiger partial charge in [-0.05, 0) is 25.0 Å². The van der Waals surface area contributed by atoms with Gasteiger partial charge in [-0.3, -0.25) is 9.11 Å². The molecule has 2 aromatic rings. The molecule has 1 aliphatic rings. The number of hydrogen-bond acceptors (Lipinski definition) is 5. The lowest BCUT2D eigenvalue weighted by Crippen LogP contribution is -2.55. The van der Waals surface area contributed by atoms with Crippen LogP contribution in [0.1, 0.15) is 109 Å². The third kappa shape index (κ3) is 9.71. The van der Waals surface area contributed by atoms with E-state index in [1.807, 2.05) is 30.3 Å². The van der Waals surface area contributed by atoms with Crippen LogP contribution in [0.25, 0.3) is 0 Å². The Hall–Kier alpha value is -2.11. The van der Waals surface area contributed by atoms with Crippen LogP contribution < -0.4 is 4.48 Å². The normalized spacial score (nSPS) is 17.0. The molecule has 41 heavy (non-hydrogen) atoms. The molecule has 0 bridgehead atoms. The number of para-hydroxylation sites is 1. The van der Waals surface area contributed by atoms with Crippen molar-refractivity contribution >= 4 is 36.8 Å². The monoisotopic (exact) mass is 607 g/mol. The Morgan fingerprint density at radius 1 is 0.634 bits per heavy atom. The van der Waals surface area contributed by atoms with Crippen molar-refractivity contribution in [1.29, 1.82) is 0 Å². The molecule has 0 amide bonds. The van der Waals surface area contributed by atoms with Crippen molar-refractivity contribution in [2.45, 2.75) is 115 Å². The topological polar surface area (TPSA) is 121 Å². The quantitative estimate of drug-likeness (QED) is 0.0943. The fraction of sp³-hybridized carbons (Fsp3) is 0.581. The molecule has 228 valence electrons. The van der Waals surface area contributed by atoms with Crippen molar-refractivity contribution in [2.75, 3.05) is 6.54 Å². The van der Waals surface area contributed by atoms with E-state index in [-0.39, 0.29) is 24.5 Å². The zero-order chi connectivity index (χ0) is 29.8. The lowest BCUT2D eigenvalue weighted by Gasteiger charge is -2.34. The summed E-state index contributed by atoms with van der Waals surface area (Å²) in [5, 5.41) is -0.516. The highest BCUT2D eigenvalue weighted by Crippen LogP contribution is 2.47. The lowest BCUT2D eigenvalue weighted by atomic mass is 10.0. The maximum Gasteiger partial charge on any atom is 0.365 e. The van der Waals surface area contributed by atoms with Crippen LogP contribution in [0.15, 0.2) is 58.4 Å². The Balaban J connectivity index is 1.62. The molecule has 8 nitrogen and oxygen atoms in total. The number of nitrogens with zero attached hydrogens (tertiary/aromatic N) is 2. The fourth-order valence-electron chi connectivity index (χ4n) is 5.89. The minimum atomic E-state index is -4.79. The molecule has 2 aromatic carbocycles. The zero-order valence-corrected chi connectivity index (χ0v) is 26.0. The van der Waals surface area contributed by atoms with E-state index < -0.39 is 34.8 Å². The van der Waals surface area contributed by atoms with Gasteiger partial charge in [-0.1, -0.05) is 127 Å². The number of aliphatic imine (C=N–C) groups is 1. The van der Waals surface area contributed by atoms with Gasteiger partial charge in [0.25, 0.3) is 0 Å². The summed E-state index contributed by atoms with van der Waals surface area (Å²) in [6.07, 6.45) is 17.8. The van der Waals surface area contributed by atoms with E-state index in [1.54, 1.807) is 0 Å². The Labute approximate surface area is 247 Å². The first-order valence-corrected chi connectivity index (χ1v) is 18.1. The van der Waals surface area contributed by atoms with E-state index in [0.29, 0.717) is 6.42 Å². The third-order valence-corrected chi connectivity index (χ3v) is 9.72. The molecule has 0 saturated carbocycles. The van der Waals surface area contributed by atoms with Gasteiger partial charge in [-0.2, -0.15) is 21.8 Å². The fourth-order valence-corrected chi connectivity index (χ4v) is 7.57. The zero-order valence-electron chi connectivity index (χ0n) is 24.4. The molecule has 1 unspecified atom stereocenters. The van der Waals surface area contributed by atoms with Crippen LogP contribution in [0.3, 0.4) is 0 Å². The van der Waals surface area contributed by atoms with E-state index in [1.165, 1.54) is 82.4 Å². The van der Waals surface area contributed by atoms with Crippen LogP contribution in [0.4, 0.5) is 11.4 Å². The number of benzene rings is 2. The smallest absolute Gasteiger partial charge is 0.282 e. The number of rotatable bonds is 19. The first-order chi connectivity index (χ1) is 19.6. The van der Waals surface area contributed by atoms with E-state index in [0.717, 1.165) is 31.2 Å². The van der Waals surface area contributed by atoms with Crippen LogP contribution >= 0.6 is 0 Å². The standard InChI is InChI=1S/C31H46N2O6S2/c1-2-3-4-5-6-7-8-9-10-11-12-13-14-15-19-25-33(26-27-21-17-16-18-22-27)30-28(32-31(33)41(37,38)39)23-20-24-29(30)40(34,35)36/h16-18,20-24H,2-15,19,25-26H2,1H3,(H-,34,35,36,37,38,39)/p+1. The molecule has 0 aromatic heterocycles. The first kappa shape index (κ1) is 33.4. The summed E-state index contributed by atoms with van der Waals surface area (Å²) in [5.74, 6) is 0. The van der Waals surface area contributed by atoms with Crippen molar-refractivity contribution < 1.29 is 25.9 Å². The van der Waals surface area contributed by atoms with Crippen LogP contribution in [0.5, 0.6) is 0 Å². The van der Waals surface area contributed by atoms with E-state index in [9.17, 15) is 25.9 Å². The van der Waals surface area contributed by atoms with Gasteiger partial charge in [0, 0.05) is 5.56 Å². The van der Waals surface area contributed by atoms with Gasteiger partial charge in [-0.25, -0.2) is 4.48 Å². The maximum atomic E-state index is 12.6. The van der Waals surface area contributed by atoms with Gasteiger partial charge in [0.2, 0.25) is 0 Å². The number of unbranched alkanes of at least 4 members (excludes halogenated alkanes) is 14. The number of quaternary nitrogens is 1. The van der Waals surface area contributed by atoms with E-state index in [2.05, 4.69) is 11.9 Å². The number of fused-ring (bicyclic) bond motifs is 1. The molecular formula is C31H47N2O6S2+. The second-order valence-electron chi connectivity index (χ2n) is 11.3. The molecule has 0 spiro atoms. The number of amidine groups is 1. The Morgan fingerprint density at radius 2 is 1.15 bits per heavy atom. The molecule has 0 radical (unpaired) electrons. The summed E-state index contributed by atoms with van der Waals surface area (Å²) in [4.78, 5) is 3.82.